The second kappa shape index (κ2) is 13.8. The van der Waals surface area contributed by atoms with E-state index >= 15 is 0 Å². The van der Waals surface area contributed by atoms with Crippen molar-refractivity contribution in [1.29, 1.82) is 0 Å². The number of benzene rings is 2. The highest BCUT2D eigenvalue weighted by molar-refractivity contribution is 5.94. The first-order chi connectivity index (χ1) is 18.9. The number of likely N-dealkylation sites (N-methyl/N-ethyl adjacent to an activating group) is 2. The van der Waals surface area contributed by atoms with Crippen LogP contribution < -0.4 is 15.4 Å². The van der Waals surface area contributed by atoms with E-state index in [1.165, 1.54) is 23.3 Å². The van der Waals surface area contributed by atoms with E-state index in [1.807, 2.05) is 14.1 Å². The third-order valence-electron chi connectivity index (χ3n) is 8.39. The zero-order valence-corrected chi connectivity index (χ0v) is 24.8. The van der Waals surface area contributed by atoms with Crippen molar-refractivity contribution in [1.82, 2.24) is 20.4 Å². The number of rotatable bonds is 12. The predicted octanol–water partition coefficient (Wildman–Crippen LogP) is 5.59. The summed E-state index contributed by atoms with van der Waals surface area (Å²) in [5.41, 5.74) is 3.22. The third kappa shape index (κ3) is 7.98. The second-order valence-electron chi connectivity index (χ2n) is 11.1. The van der Waals surface area contributed by atoms with Crippen LogP contribution >= 0.6 is 0 Å². The molecule has 0 aliphatic carbocycles. The molecule has 9 heteroatoms. The molecule has 1 saturated heterocycles. The van der Waals surface area contributed by atoms with E-state index in [4.69, 9.17) is 4.74 Å². The molecule has 2 aromatic rings. The molecule has 1 heterocycles. The summed E-state index contributed by atoms with van der Waals surface area (Å²) in [7, 11) is 3.98. The molecule has 0 saturated carbocycles. The lowest BCUT2D eigenvalue weighted by Crippen LogP contribution is -2.49. The Kier molecular flexibility index (Phi) is 11.0. The van der Waals surface area contributed by atoms with Gasteiger partial charge in [-0.1, -0.05) is 6.07 Å². The molecule has 3 rings (SSSR count). The average molecular weight is 563 g/mol. The fraction of sp³-hybridized carbons (Fsp3) is 0.581. The molecule has 2 N–H and O–H groups in total. The van der Waals surface area contributed by atoms with E-state index in [-0.39, 0.29) is 23.1 Å². The van der Waals surface area contributed by atoms with Crippen molar-refractivity contribution in [2.24, 2.45) is 0 Å². The van der Waals surface area contributed by atoms with Crippen molar-refractivity contribution in [2.75, 3.05) is 53.4 Å². The Bertz CT molecular complexity index is 1110. The van der Waals surface area contributed by atoms with Gasteiger partial charge in [-0.2, -0.15) is 13.2 Å². The molecule has 40 heavy (non-hydrogen) atoms. The lowest BCUT2D eigenvalue weighted by Gasteiger charge is -2.39. The molecular formula is C31H45F3N4O2. The van der Waals surface area contributed by atoms with Crippen LogP contribution in [-0.2, 0) is 6.18 Å². The van der Waals surface area contributed by atoms with Gasteiger partial charge in [0.25, 0.3) is 5.91 Å². The summed E-state index contributed by atoms with van der Waals surface area (Å²) in [6.07, 6.45) is -1.26. The number of unbranched alkanes of at least 4 members (excludes halogenated alkanes) is 1. The first-order valence-corrected chi connectivity index (χ1v) is 14.2. The number of carbonyl (C=O) groups excluding carboxylic acids is 1. The van der Waals surface area contributed by atoms with Crippen LogP contribution in [0.15, 0.2) is 36.4 Å². The number of nitrogens with zero attached hydrogens (tertiary/aromatic N) is 2. The summed E-state index contributed by atoms with van der Waals surface area (Å²) in [6.45, 7) is 12.7. The van der Waals surface area contributed by atoms with Gasteiger partial charge < -0.3 is 20.3 Å². The van der Waals surface area contributed by atoms with Crippen LogP contribution in [0.2, 0.25) is 0 Å². The van der Waals surface area contributed by atoms with E-state index in [9.17, 15) is 18.0 Å². The quantitative estimate of drug-likeness (QED) is 0.331. The molecule has 222 valence electrons. The minimum Gasteiger partial charge on any atom is -0.493 e. The Balaban J connectivity index is 1.52. The molecule has 0 spiro atoms. The maximum Gasteiger partial charge on any atom is 0.416 e. The van der Waals surface area contributed by atoms with E-state index < -0.39 is 11.7 Å². The fourth-order valence-electron chi connectivity index (χ4n) is 5.41. The Morgan fingerprint density at radius 3 is 2.20 bits per heavy atom. The number of nitrogens with one attached hydrogen (secondary N) is 2. The Morgan fingerprint density at radius 2 is 1.62 bits per heavy atom. The van der Waals surface area contributed by atoms with Crippen molar-refractivity contribution >= 4 is 5.91 Å². The molecule has 0 radical (unpaired) electrons. The number of hydrogen-bond donors (Lipinski definition) is 2. The molecule has 1 fully saturated rings. The second-order valence-corrected chi connectivity index (χ2v) is 11.1. The minimum atomic E-state index is -4.41. The van der Waals surface area contributed by atoms with Crippen molar-refractivity contribution in [3.8, 4) is 5.75 Å². The number of alkyl halides is 3. The molecule has 2 unspecified atom stereocenters. The monoisotopic (exact) mass is 562 g/mol. The molecule has 1 amide bonds. The van der Waals surface area contributed by atoms with Gasteiger partial charge in [0.05, 0.1) is 12.2 Å². The van der Waals surface area contributed by atoms with Gasteiger partial charge in [-0.3, -0.25) is 9.69 Å². The van der Waals surface area contributed by atoms with Gasteiger partial charge in [-0.15, -0.1) is 0 Å². The smallest absolute Gasteiger partial charge is 0.416 e. The van der Waals surface area contributed by atoms with E-state index in [1.54, 1.807) is 4.90 Å². The summed E-state index contributed by atoms with van der Waals surface area (Å²) in [5, 5.41) is 6.66. The Morgan fingerprint density at radius 1 is 0.975 bits per heavy atom. The highest BCUT2D eigenvalue weighted by Gasteiger charge is 2.31. The van der Waals surface area contributed by atoms with Crippen LogP contribution in [0.3, 0.4) is 0 Å². The number of ether oxygens (including phenoxy) is 1. The molecule has 1 aliphatic heterocycles. The van der Waals surface area contributed by atoms with Crippen molar-refractivity contribution in [2.45, 2.75) is 64.7 Å². The van der Waals surface area contributed by atoms with Crippen LogP contribution in [0.5, 0.6) is 5.75 Å². The molecule has 0 aromatic heterocycles. The molecule has 2 aromatic carbocycles. The lowest BCUT2D eigenvalue weighted by atomic mass is 9.95. The number of halogens is 3. The molecular weight excluding hydrogens is 517 g/mol. The van der Waals surface area contributed by atoms with Gasteiger partial charge in [0, 0.05) is 49.9 Å². The standard InChI is InChI=1S/C31H45F3N4O2/c1-22-23(2)28(40-20-8-7-15-30(4,36-6)21-35-5)14-13-27(22)24(3)37-16-18-38(19-17-37)29(39)25-9-11-26(12-10-25)31(32,33)34/h9-14,24,35-36H,7-8,15-21H2,1-6H3. The van der Waals surface area contributed by atoms with Gasteiger partial charge in [0.2, 0.25) is 0 Å². The number of amides is 1. The van der Waals surface area contributed by atoms with E-state index in [0.717, 1.165) is 49.3 Å². The van der Waals surface area contributed by atoms with Crippen LogP contribution in [0.1, 0.15) is 71.8 Å². The highest BCUT2D eigenvalue weighted by Crippen LogP contribution is 2.32. The lowest BCUT2D eigenvalue weighted by molar-refractivity contribution is -0.137. The maximum atomic E-state index is 12.9. The summed E-state index contributed by atoms with van der Waals surface area (Å²) in [5.74, 6) is 0.694. The van der Waals surface area contributed by atoms with E-state index in [0.29, 0.717) is 32.8 Å². The topological polar surface area (TPSA) is 56.8 Å². The normalized spacial score (nSPS) is 17.0. The molecule has 1 aliphatic rings. The first-order valence-electron chi connectivity index (χ1n) is 14.2. The van der Waals surface area contributed by atoms with Crippen molar-refractivity contribution in [3.63, 3.8) is 0 Å². The third-order valence-corrected chi connectivity index (χ3v) is 8.39. The highest BCUT2D eigenvalue weighted by atomic mass is 19.4. The van der Waals surface area contributed by atoms with Gasteiger partial charge in [-0.05, 0) is 108 Å². The SMILES string of the molecule is CNCC(C)(CCCCOc1ccc(C(C)N2CCN(C(=O)c3ccc(C(F)(F)F)cc3)CC2)c(C)c1C)NC. The fourth-order valence-corrected chi connectivity index (χ4v) is 5.41. The number of carbonyl (C=O) groups is 1. The predicted molar refractivity (Wildman–Crippen MR) is 154 cm³/mol. The molecule has 0 bridgehead atoms. The summed E-state index contributed by atoms with van der Waals surface area (Å²) >= 11 is 0. The van der Waals surface area contributed by atoms with Gasteiger partial charge in [0.1, 0.15) is 5.75 Å². The number of piperazine rings is 1. The number of hydrogen-bond acceptors (Lipinski definition) is 5. The van der Waals surface area contributed by atoms with Crippen LogP contribution in [-0.4, -0.2) is 74.7 Å². The minimum absolute atomic E-state index is 0.0834. The summed E-state index contributed by atoms with van der Waals surface area (Å²) in [4.78, 5) is 16.9. The first kappa shape index (κ1) is 31.9. The van der Waals surface area contributed by atoms with Crippen molar-refractivity contribution < 1.29 is 22.7 Å². The molecule has 2 atom stereocenters. The zero-order valence-electron chi connectivity index (χ0n) is 24.8. The van der Waals surface area contributed by atoms with Gasteiger partial charge in [-0.25, -0.2) is 0 Å². The van der Waals surface area contributed by atoms with Gasteiger partial charge >= 0.3 is 6.18 Å². The van der Waals surface area contributed by atoms with Crippen molar-refractivity contribution in [3.05, 3.63) is 64.2 Å². The molecule has 6 nitrogen and oxygen atoms in total. The average Bonchev–Trinajstić information content (AvgIpc) is 2.94. The van der Waals surface area contributed by atoms with Crippen LogP contribution in [0.4, 0.5) is 13.2 Å². The van der Waals surface area contributed by atoms with Gasteiger partial charge in [0.15, 0.2) is 0 Å². The largest absolute Gasteiger partial charge is 0.493 e. The maximum absolute atomic E-state index is 12.9. The summed E-state index contributed by atoms with van der Waals surface area (Å²) in [6, 6.07) is 8.84. The Hall–Kier alpha value is -2.62. The van der Waals surface area contributed by atoms with Crippen LogP contribution in [0, 0.1) is 13.8 Å². The Labute approximate surface area is 237 Å². The van der Waals surface area contributed by atoms with E-state index in [2.05, 4.69) is 55.4 Å². The van der Waals surface area contributed by atoms with Crippen LogP contribution in [0.25, 0.3) is 0 Å². The summed E-state index contributed by atoms with van der Waals surface area (Å²) < 4.78 is 44.7. The zero-order chi connectivity index (χ0) is 29.5.